The molecule has 7 nitrogen and oxygen atoms in total. The summed E-state index contributed by atoms with van der Waals surface area (Å²) in [6, 6.07) is 14.9. The van der Waals surface area contributed by atoms with Crippen molar-refractivity contribution in [1.82, 2.24) is 4.98 Å². The molecule has 0 aliphatic carbocycles. The summed E-state index contributed by atoms with van der Waals surface area (Å²) < 4.78 is 10.4. The van der Waals surface area contributed by atoms with Crippen molar-refractivity contribution in [3.63, 3.8) is 0 Å². The lowest BCUT2D eigenvalue weighted by Crippen LogP contribution is -2.15. The van der Waals surface area contributed by atoms with Crippen LogP contribution in [0.15, 0.2) is 53.9 Å². The van der Waals surface area contributed by atoms with Crippen LogP contribution in [0.1, 0.15) is 22.5 Å². The van der Waals surface area contributed by atoms with Gasteiger partial charge in [-0.2, -0.15) is 0 Å². The van der Waals surface area contributed by atoms with Gasteiger partial charge in [-0.05, 0) is 24.1 Å². The summed E-state index contributed by atoms with van der Waals surface area (Å²) in [6.45, 7) is 0. The highest BCUT2D eigenvalue weighted by molar-refractivity contribution is 7.14. The molecule has 0 bridgehead atoms. The van der Waals surface area contributed by atoms with E-state index in [1.54, 1.807) is 30.7 Å². The number of aryl methyl sites for hydroxylation is 1. The van der Waals surface area contributed by atoms with Crippen molar-refractivity contribution in [3.8, 4) is 11.5 Å². The summed E-state index contributed by atoms with van der Waals surface area (Å²) >= 11 is 1.20. The van der Waals surface area contributed by atoms with Crippen LogP contribution in [0.25, 0.3) is 0 Å². The minimum absolute atomic E-state index is 0.146. The highest BCUT2D eigenvalue weighted by atomic mass is 32.1. The molecular weight excluding hydrogens is 390 g/mol. The Balaban J connectivity index is 1.58. The van der Waals surface area contributed by atoms with Crippen molar-refractivity contribution in [1.29, 1.82) is 0 Å². The Labute approximate surface area is 172 Å². The van der Waals surface area contributed by atoms with E-state index in [4.69, 9.17) is 9.47 Å². The number of amides is 2. The quantitative estimate of drug-likeness (QED) is 0.585. The van der Waals surface area contributed by atoms with E-state index in [2.05, 4.69) is 15.6 Å². The fourth-order valence-electron chi connectivity index (χ4n) is 2.61. The Morgan fingerprint density at radius 1 is 1.03 bits per heavy atom. The number of nitrogens with one attached hydrogen (secondary N) is 2. The first-order valence-electron chi connectivity index (χ1n) is 8.91. The Kier molecular flexibility index (Phi) is 6.80. The number of benzene rings is 2. The summed E-state index contributed by atoms with van der Waals surface area (Å²) in [5, 5.41) is 7.47. The zero-order valence-corrected chi connectivity index (χ0v) is 16.9. The second-order valence-corrected chi connectivity index (χ2v) is 6.95. The van der Waals surface area contributed by atoms with Crippen LogP contribution in [0.5, 0.6) is 11.5 Å². The number of nitrogens with zero attached hydrogens (tertiary/aromatic N) is 1. The Morgan fingerprint density at radius 2 is 1.83 bits per heavy atom. The van der Waals surface area contributed by atoms with E-state index in [0.717, 1.165) is 5.56 Å². The van der Waals surface area contributed by atoms with E-state index in [1.165, 1.54) is 18.4 Å². The smallest absolute Gasteiger partial charge is 0.275 e. The molecule has 1 aromatic heterocycles. The van der Waals surface area contributed by atoms with Crippen LogP contribution in [0.3, 0.4) is 0 Å². The van der Waals surface area contributed by atoms with Gasteiger partial charge in [0.25, 0.3) is 5.91 Å². The van der Waals surface area contributed by atoms with Crippen molar-refractivity contribution in [3.05, 3.63) is 65.2 Å². The van der Waals surface area contributed by atoms with E-state index in [-0.39, 0.29) is 11.6 Å². The number of hydrogen-bond acceptors (Lipinski definition) is 6. The fourth-order valence-corrected chi connectivity index (χ4v) is 3.31. The first-order valence-corrected chi connectivity index (χ1v) is 9.79. The molecule has 0 fully saturated rings. The van der Waals surface area contributed by atoms with Crippen molar-refractivity contribution < 1.29 is 19.1 Å². The first-order chi connectivity index (χ1) is 14.1. The lowest BCUT2D eigenvalue weighted by atomic mass is 10.1. The zero-order valence-electron chi connectivity index (χ0n) is 16.1. The molecular formula is C21H21N3O4S. The number of carbonyl (C=O) groups excluding carboxylic acids is 2. The molecule has 0 spiro atoms. The number of aromatic nitrogens is 1. The second-order valence-electron chi connectivity index (χ2n) is 6.09. The number of carbonyl (C=O) groups is 2. The Morgan fingerprint density at radius 3 is 2.55 bits per heavy atom. The first kappa shape index (κ1) is 20.3. The highest BCUT2D eigenvalue weighted by Crippen LogP contribution is 2.29. The van der Waals surface area contributed by atoms with E-state index in [9.17, 15) is 9.59 Å². The molecule has 0 saturated heterocycles. The van der Waals surface area contributed by atoms with Gasteiger partial charge in [-0.3, -0.25) is 9.59 Å². The molecule has 3 aromatic rings. The third kappa shape index (κ3) is 5.55. The van der Waals surface area contributed by atoms with Crippen molar-refractivity contribution in [2.75, 3.05) is 24.9 Å². The molecule has 2 aromatic carbocycles. The minimum Gasteiger partial charge on any atom is -0.497 e. The summed E-state index contributed by atoms with van der Waals surface area (Å²) in [6.07, 6.45) is 0.983. The van der Waals surface area contributed by atoms with Gasteiger partial charge in [0.1, 0.15) is 17.2 Å². The number of thiazole rings is 1. The fraction of sp³-hybridized carbons (Fsp3) is 0.190. The van der Waals surface area contributed by atoms with Crippen LogP contribution in [0.2, 0.25) is 0 Å². The molecule has 3 rings (SSSR count). The lowest BCUT2D eigenvalue weighted by Gasteiger charge is -2.10. The van der Waals surface area contributed by atoms with E-state index >= 15 is 0 Å². The molecule has 0 saturated carbocycles. The maximum Gasteiger partial charge on any atom is 0.275 e. The largest absolute Gasteiger partial charge is 0.497 e. The van der Waals surface area contributed by atoms with Gasteiger partial charge in [-0.15, -0.1) is 11.3 Å². The van der Waals surface area contributed by atoms with Crippen LogP contribution < -0.4 is 20.1 Å². The molecule has 0 unspecified atom stereocenters. The van der Waals surface area contributed by atoms with E-state index in [1.807, 2.05) is 30.3 Å². The molecule has 0 radical (unpaired) electrons. The van der Waals surface area contributed by atoms with E-state index in [0.29, 0.717) is 35.2 Å². The standard InChI is InChI=1S/C21H21N3O4S/c1-27-15-9-10-16(18(12-15)28-2)22-20(26)17-13-29-21(23-17)24-19(25)11-8-14-6-4-3-5-7-14/h3-7,9-10,12-13H,8,11H2,1-2H3,(H,22,26)(H,23,24,25). The predicted octanol–water partition coefficient (Wildman–Crippen LogP) is 3.98. The third-order valence-corrected chi connectivity index (χ3v) is 4.88. The van der Waals surface area contributed by atoms with Gasteiger partial charge in [-0.1, -0.05) is 30.3 Å². The SMILES string of the molecule is COc1ccc(NC(=O)c2csc(NC(=O)CCc3ccccc3)n2)c(OC)c1. The number of rotatable bonds is 8. The average molecular weight is 411 g/mol. The van der Waals surface area contributed by atoms with Gasteiger partial charge in [0.2, 0.25) is 5.91 Å². The molecule has 29 heavy (non-hydrogen) atoms. The summed E-state index contributed by atoms with van der Waals surface area (Å²) in [5.74, 6) is 0.554. The van der Waals surface area contributed by atoms with Gasteiger partial charge in [0, 0.05) is 17.9 Å². The summed E-state index contributed by atoms with van der Waals surface area (Å²) in [5.41, 5.74) is 1.81. The molecule has 0 aliphatic rings. The average Bonchev–Trinajstić information content (AvgIpc) is 3.22. The maximum atomic E-state index is 12.5. The van der Waals surface area contributed by atoms with Crippen LogP contribution in [-0.2, 0) is 11.2 Å². The van der Waals surface area contributed by atoms with Gasteiger partial charge in [0.05, 0.1) is 19.9 Å². The molecule has 2 amide bonds. The van der Waals surface area contributed by atoms with Crippen molar-refractivity contribution in [2.24, 2.45) is 0 Å². The number of hydrogen-bond donors (Lipinski definition) is 2. The lowest BCUT2D eigenvalue weighted by molar-refractivity contribution is -0.116. The van der Waals surface area contributed by atoms with Gasteiger partial charge in [-0.25, -0.2) is 4.98 Å². The maximum absolute atomic E-state index is 12.5. The summed E-state index contributed by atoms with van der Waals surface area (Å²) in [4.78, 5) is 28.8. The zero-order chi connectivity index (χ0) is 20.6. The molecule has 0 aliphatic heterocycles. The van der Waals surface area contributed by atoms with Crippen LogP contribution in [-0.4, -0.2) is 31.0 Å². The normalized spacial score (nSPS) is 10.3. The van der Waals surface area contributed by atoms with Crippen LogP contribution in [0.4, 0.5) is 10.8 Å². The predicted molar refractivity (Wildman–Crippen MR) is 113 cm³/mol. The monoisotopic (exact) mass is 411 g/mol. The van der Waals surface area contributed by atoms with Crippen LogP contribution in [0, 0.1) is 0 Å². The van der Waals surface area contributed by atoms with Gasteiger partial charge in [0.15, 0.2) is 5.13 Å². The molecule has 8 heteroatoms. The molecule has 150 valence electrons. The summed E-state index contributed by atoms with van der Waals surface area (Å²) in [7, 11) is 3.06. The molecule has 0 atom stereocenters. The third-order valence-electron chi connectivity index (χ3n) is 4.12. The second kappa shape index (κ2) is 9.70. The number of methoxy groups -OCH3 is 2. The molecule has 2 N–H and O–H groups in total. The number of ether oxygens (including phenoxy) is 2. The van der Waals surface area contributed by atoms with Gasteiger partial charge >= 0.3 is 0 Å². The Hall–Kier alpha value is -3.39. The molecule has 1 heterocycles. The van der Waals surface area contributed by atoms with Crippen LogP contribution >= 0.6 is 11.3 Å². The van der Waals surface area contributed by atoms with Gasteiger partial charge < -0.3 is 20.1 Å². The minimum atomic E-state index is -0.394. The number of anilines is 2. The van der Waals surface area contributed by atoms with Crippen molar-refractivity contribution >= 4 is 34.0 Å². The highest BCUT2D eigenvalue weighted by Gasteiger charge is 2.15. The Bertz CT molecular complexity index is 989. The van der Waals surface area contributed by atoms with E-state index < -0.39 is 5.91 Å². The topological polar surface area (TPSA) is 89.6 Å². The van der Waals surface area contributed by atoms with Crippen molar-refractivity contribution in [2.45, 2.75) is 12.8 Å².